The average molecular weight is 231 g/mol. The lowest BCUT2D eigenvalue weighted by molar-refractivity contribution is -0.143. The van der Waals surface area contributed by atoms with Gasteiger partial charge in [-0.05, 0) is 26.7 Å². The molecule has 0 aliphatic rings. The molecule has 0 aromatic carbocycles. The maximum absolute atomic E-state index is 11.5. The van der Waals surface area contributed by atoms with Crippen molar-refractivity contribution in [2.75, 3.05) is 7.11 Å². The Morgan fingerprint density at radius 2 is 2.06 bits per heavy atom. The lowest BCUT2D eigenvalue weighted by Gasteiger charge is -2.22. The van der Waals surface area contributed by atoms with Gasteiger partial charge in [0.2, 0.25) is 0 Å². The fourth-order valence-electron chi connectivity index (χ4n) is 1.74. The summed E-state index contributed by atoms with van der Waals surface area (Å²) in [6.45, 7) is 5.81. The Labute approximate surface area is 98.4 Å². The largest absolute Gasteiger partial charge is 0.468 e. The molecule has 4 nitrogen and oxygen atoms in total. The van der Waals surface area contributed by atoms with Crippen LogP contribution < -0.4 is 5.32 Å². The minimum absolute atomic E-state index is 0.112. The van der Waals surface area contributed by atoms with Gasteiger partial charge >= 0.3 is 5.97 Å². The number of carbonyl (C=O) groups excluding carboxylic acids is 1. The second-order valence-electron chi connectivity index (χ2n) is 4.37. The predicted octanol–water partition coefficient (Wildman–Crippen LogP) is 1.47. The minimum Gasteiger partial charge on any atom is -0.468 e. The smallest absolute Gasteiger partial charge is 0.322 e. The summed E-state index contributed by atoms with van der Waals surface area (Å²) in [5, 5.41) is 12.5. The number of hydrogen-bond acceptors (Lipinski definition) is 4. The van der Waals surface area contributed by atoms with E-state index in [2.05, 4.69) is 12.2 Å². The van der Waals surface area contributed by atoms with Crippen molar-refractivity contribution in [1.29, 1.82) is 0 Å². The molecule has 0 saturated carbocycles. The maximum Gasteiger partial charge on any atom is 0.322 e. The molecule has 0 aliphatic carbocycles. The van der Waals surface area contributed by atoms with Gasteiger partial charge in [0.1, 0.15) is 6.04 Å². The molecule has 0 aliphatic heterocycles. The third kappa shape index (κ3) is 6.80. The van der Waals surface area contributed by atoms with Crippen LogP contribution in [0.3, 0.4) is 0 Å². The number of esters is 1. The fraction of sp³-hybridized carbons (Fsp3) is 0.917. The molecule has 3 unspecified atom stereocenters. The Morgan fingerprint density at radius 1 is 1.44 bits per heavy atom. The number of aliphatic hydroxyl groups excluding tert-OH is 1. The summed E-state index contributed by atoms with van der Waals surface area (Å²) in [5.41, 5.74) is 0. The van der Waals surface area contributed by atoms with E-state index in [9.17, 15) is 9.90 Å². The van der Waals surface area contributed by atoms with Crippen LogP contribution in [0.4, 0.5) is 0 Å². The van der Waals surface area contributed by atoms with E-state index >= 15 is 0 Å². The molecular weight excluding hydrogens is 206 g/mol. The van der Waals surface area contributed by atoms with Crippen molar-refractivity contribution in [3.8, 4) is 0 Å². The lowest BCUT2D eigenvalue weighted by Crippen LogP contribution is -2.43. The van der Waals surface area contributed by atoms with Crippen molar-refractivity contribution in [3.63, 3.8) is 0 Å². The molecule has 0 saturated heterocycles. The molecule has 0 rings (SSSR count). The number of rotatable bonds is 8. The first-order valence-electron chi connectivity index (χ1n) is 6.03. The standard InChI is InChI=1S/C12H25NO3/c1-5-6-7-11(12(15)16-4)13-9(2)8-10(3)14/h9-11,13-14H,5-8H2,1-4H3. The topological polar surface area (TPSA) is 58.6 Å². The first-order valence-corrected chi connectivity index (χ1v) is 6.03. The number of carbonyl (C=O) groups is 1. The van der Waals surface area contributed by atoms with E-state index in [0.717, 1.165) is 19.3 Å². The molecule has 0 radical (unpaired) electrons. The van der Waals surface area contributed by atoms with Crippen molar-refractivity contribution in [3.05, 3.63) is 0 Å². The van der Waals surface area contributed by atoms with Crippen LogP contribution in [0.5, 0.6) is 0 Å². The van der Waals surface area contributed by atoms with E-state index in [-0.39, 0.29) is 24.2 Å². The number of aliphatic hydroxyl groups is 1. The Morgan fingerprint density at radius 3 is 2.50 bits per heavy atom. The highest BCUT2D eigenvalue weighted by molar-refractivity contribution is 5.75. The van der Waals surface area contributed by atoms with Gasteiger partial charge in [0.25, 0.3) is 0 Å². The van der Waals surface area contributed by atoms with Gasteiger partial charge in [-0.1, -0.05) is 19.8 Å². The van der Waals surface area contributed by atoms with Crippen LogP contribution in [-0.4, -0.2) is 36.4 Å². The average Bonchev–Trinajstić information content (AvgIpc) is 2.21. The van der Waals surface area contributed by atoms with Crippen molar-refractivity contribution >= 4 is 5.97 Å². The molecule has 3 atom stereocenters. The van der Waals surface area contributed by atoms with Crippen molar-refractivity contribution in [2.45, 2.75) is 64.6 Å². The molecular formula is C12H25NO3. The molecule has 0 aromatic heterocycles. The van der Waals surface area contributed by atoms with E-state index < -0.39 is 0 Å². The summed E-state index contributed by atoms with van der Waals surface area (Å²) >= 11 is 0. The van der Waals surface area contributed by atoms with Gasteiger partial charge in [0.05, 0.1) is 13.2 Å². The second-order valence-corrected chi connectivity index (χ2v) is 4.37. The molecule has 0 spiro atoms. The summed E-state index contributed by atoms with van der Waals surface area (Å²) in [6, 6.07) is -0.139. The van der Waals surface area contributed by atoms with Crippen molar-refractivity contribution in [2.24, 2.45) is 0 Å². The molecule has 0 bridgehead atoms. The molecule has 0 fully saturated rings. The first kappa shape index (κ1) is 15.4. The zero-order valence-corrected chi connectivity index (χ0v) is 10.8. The van der Waals surface area contributed by atoms with Crippen LogP contribution in [0.1, 0.15) is 46.5 Å². The van der Waals surface area contributed by atoms with E-state index in [0.29, 0.717) is 6.42 Å². The zero-order valence-electron chi connectivity index (χ0n) is 10.8. The molecule has 96 valence electrons. The Bertz CT molecular complexity index is 195. The fourth-order valence-corrected chi connectivity index (χ4v) is 1.74. The van der Waals surface area contributed by atoms with Crippen LogP contribution in [-0.2, 0) is 9.53 Å². The van der Waals surface area contributed by atoms with E-state index in [1.165, 1.54) is 7.11 Å². The van der Waals surface area contributed by atoms with Gasteiger partial charge in [-0.15, -0.1) is 0 Å². The van der Waals surface area contributed by atoms with Crippen LogP contribution in [0.25, 0.3) is 0 Å². The summed E-state index contributed by atoms with van der Waals surface area (Å²) in [7, 11) is 1.41. The van der Waals surface area contributed by atoms with Gasteiger partial charge in [-0.2, -0.15) is 0 Å². The van der Waals surface area contributed by atoms with Crippen LogP contribution in [0, 0.1) is 0 Å². The summed E-state index contributed by atoms with van der Waals surface area (Å²) in [6.07, 6.45) is 3.12. The Balaban J connectivity index is 4.13. The monoisotopic (exact) mass is 231 g/mol. The maximum atomic E-state index is 11.5. The number of ether oxygens (including phenoxy) is 1. The van der Waals surface area contributed by atoms with Gasteiger partial charge in [-0.25, -0.2) is 0 Å². The quantitative estimate of drug-likeness (QED) is 0.621. The summed E-state index contributed by atoms with van der Waals surface area (Å²) < 4.78 is 4.75. The summed E-state index contributed by atoms with van der Waals surface area (Å²) in [5.74, 6) is -0.217. The highest BCUT2D eigenvalue weighted by Crippen LogP contribution is 2.06. The van der Waals surface area contributed by atoms with Gasteiger partial charge in [0.15, 0.2) is 0 Å². The number of hydrogen-bond donors (Lipinski definition) is 2. The van der Waals surface area contributed by atoms with E-state index in [4.69, 9.17) is 4.74 Å². The lowest BCUT2D eigenvalue weighted by atomic mass is 10.1. The molecule has 2 N–H and O–H groups in total. The number of unbranched alkanes of at least 4 members (excludes halogenated alkanes) is 1. The van der Waals surface area contributed by atoms with Crippen LogP contribution >= 0.6 is 0 Å². The first-order chi connectivity index (χ1) is 7.51. The third-order valence-electron chi connectivity index (χ3n) is 2.51. The molecule has 0 aromatic rings. The van der Waals surface area contributed by atoms with Crippen molar-refractivity contribution in [1.82, 2.24) is 5.32 Å². The van der Waals surface area contributed by atoms with E-state index in [1.807, 2.05) is 6.92 Å². The SMILES string of the molecule is CCCCC(NC(C)CC(C)O)C(=O)OC. The molecule has 0 heterocycles. The van der Waals surface area contributed by atoms with Crippen LogP contribution in [0.2, 0.25) is 0 Å². The van der Waals surface area contributed by atoms with E-state index in [1.54, 1.807) is 6.92 Å². The normalized spacial score (nSPS) is 16.6. The third-order valence-corrected chi connectivity index (χ3v) is 2.51. The molecule has 0 amide bonds. The molecule has 4 heteroatoms. The molecule has 16 heavy (non-hydrogen) atoms. The summed E-state index contributed by atoms with van der Waals surface area (Å²) in [4.78, 5) is 11.5. The van der Waals surface area contributed by atoms with Crippen LogP contribution in [0.15, 0.2) is 0 Å². The second kappa shape index (κ2) is 8.53. The van der Waals surface area contributed by atoms with Crippen molar-refractivity contribution < 1.29 is 14.6 Å². The van der Waals surface area contributed by atoms with Gasteiger partial charge in [0, 0.05) is 6.04 Å². The Kier molecular flexibility index (Phi) is 8.21. The Hall–Kier alpha value is -0.610. The minimum atomic E-state index is -0.355. The predicted molar refractivity (Wildman–Crippen MR) is 64.2 cm³/mol. The highest BCUT2D eigenvalue weighted by atomic mass is 16.5. The zero-order chi connectivity index (χ0) is 12.6. The number of methoxy groups -OCH3 is 1. The van der Waals surface area contributed by atoms with Gasteiger partial charge in [-0.3, -0.25) is 4.79 Å². The highest BCUT2D eigenvalue weighted by Gasteiger charge is 2.20. The van der Waals surface area contributed by atoms with Gasteiger partial charge < -0.3 is 15.2 Å². The number of nitrogens with one attached hydrogen (secondary N) is 1.